The summed E-state index contributed by atoms with van der Waals surface area (Å²) in [5, 5.41) is 5.66. The lowest BCUT2D eigenvalue weighted by Gasteiger charge is -2.29. The van der Waals surface area contributed by atoms with Gasteiger partial charge in [0.25, 0.3) is 5.91 Å². The van der Waals surface area contributed by atoms with Crippen molar-refractivity contribution in [3.63, 3.8) is 0 Å². The second-order valence-corrected chi connectivity index (χ2v) is 7.62. The standard InChI is InChI=1S/C25H23N3O3/c1-17-10-9-15-21(16-17)26-22(29)18(2)28-23(30)25(27-24(28)31,19-11-5-3-6-12-19)20-13-7-4-8-14-20/h3-16,18H,1-2H3,(H,26,29)(H,27,31). The Morgan fingerprint density at radius 2 is 1.48 bits per heavy atom. The van der Waals surface area contributed by atoms with Crippen molar-refractivity contribution in [2.24, 2.45) is 0 Å². The van der Waals surface area contributed by atoms with E-state index in [9.17, 15) is 14.4 Å². The van der Waals surface area contributed by atoms with Gasteiger partial charge in [0.1, 0.15) is 6.04 Å². The fraction of sp³-hybridized carbons (Fsp3) is 0.160. The van der Waals surface area contributed by atoms with Crippen molar-refractivity contribution in [2.75, 3.05) is 5.32 Å². The van der Waals surface area contributed by atoms with E-state index >= 15 is 0 Å². The second-order valence-electron chi connectivity index (χ2n) is 7.62. The number of benzene rings is 3. The molecule has 1 unspecified atom stereocenters. The minimum atomic E-state index is -1.39. The van der Waals surface area contributed by atoms with Crippen LogP contribution in [-0.2, 0) is 15.1 Å². The molecule has 3 aromatic carbocycles. The molecule has 0 spiro atoms. The quantitative estimate of drug-likeness (QED) is 0.624. The van der Waals surface area contributed by atoms with Crippen molar-refractivity contribution in [1.82, 2.24) is 10.2 Å². The van der Waals surface area contributed by atoms with Gasteiger partial charge in [-0.25, -0.2) is 9.69 Å². The molecule has 0 aromatic heterocycles. The number of rotatable bonds is 5. The smallest absolute Gasteiger partial charge is 0.324 e. The molecule has 1 saturated heterocycles. The van der Waals surface area contributed by atoms with Gasteiger partial charge in [-0.15, -0.1) is 0 Å². The molecule has 3 aromatic rings. The van der Waals surface area contributed by atoms with Crippen molar-refractivity contribution in [2.45, 2.75) is 25.4 Å². The molecule has 0 bridgehead atoms. The van der Waals surface area contributed by atoms with Crippen LogP contribution < -0.4 is 10.6 Å². The molecule has 6 heteroatoms. The Morgan fingerprint density at radius 3 is 2.03 bits per heavy atom. The maximum Gasteiger partial charge on any atom is 0.326 e. The summed E-state index contributed by atoms with van der Waals surface area (Å²) in [6.45, 7) is 3.47. The fourth-order valence-electron chi connectivity index (χ4n) is 3.92. The third-order valence-electron chi connectivity index (χ3n) is 5.52. The first-order valence-corrected chi connectivity index (χ1v) is 10.1. The van der Waals surface area contributed by atoms with E-state index in [1.165, 1.54) is 0 Å². The Hall–Kier alpha value is -3.93. The highest BCUT2D eigenvalue weighted by molar-refractivity contribution is 6.13. The van der Waals surface area contributed by atoms with E-state index in [0.717, 1.165) is 10.5 Å². The molecular formula is C25H23N3O3. The van der Waals surface area contributed by atoms with Crippen LogP contribution in [-0.4, -0.2) is 28.8 Å². The van der Waals surface area contributed by atoms with Gasteiger partial charge >= 0.3 is 6.03 Å². The molecule has 0 radical (unpaired) electrons. The van der Waals surface area contributed by atoms with Crippen molar-refractivity contribution in [3.8, 4) is 0 Å². The number of anilines is 1. The maximum atomic E-state index is 13.8. The van der Waals surface area contributed by atoms with Gasteiger partial charge < -0.3 is 10.6 Å². The summed E-state index contributed by atoms with van der Waals surface area (Å²) in [6, 6.07) is 23.9. The number of carbonyl (C=O) groups is 3. The largest absolute Gasteiger partial charge is 0.326 e. The monoisotopic (exact) mass is 413 g/mol. The third kappa shape index (κ3) is 3.57. The van der Waals surface area contributed by atoms with Crippen molar-refractivity contribution in [3.05, 3.63) is 102 Å². The number of nitrogens with zero attached hydrogens (tertiary/aromatic N) is 1. The highest BCUT2D eigenvalue weighted by atomic mass is 16.2. The van der Waals surface area contributed by atoms with Crippen LogP contribution in [0.5, 0.6) is 0 Å². The summed E-state index contributed by atoms with van der Waals surface area (Å²) < 4.78 is 0. The van der Waals surface area contributed by atoms with Crippen LogP contribution in [0, 0.1) is 6.92 Å². The van der Waals surface area contributed by atoms with Gasteiger partial charge in [-0.05, 0) is 42.7 Å². The number of imide groups is 1. The normalized spacial score (nSPS) is 16.0. The summed E-state index contributed by atoms with van der Waals surface area (Å²) >= 11 is 0. The lowest BCUT2D eigenvalue weighted by atomic mass is 9.82. The van der Waals surface area contributed by atoms with Gasteiger partial charge in [0, 0.05) is 5.69 Å². The van der Waals surface area contributed by atoms with Gasteiger partial charge in [-0.3, -0.25) is 9.59 Å². The molecular weight excluding hydrogens is 390 g/mol. The van der Waals surface area contributed by atoms with E-state index in [1.54, 1.807) is 37.3 Å². The molecule has 1 heterocycles. The number of hydrogen-bond acceptors (Lipinski definition) is 3. The molecule has 1 aliphatic rings. The fourth-order valence-corrected chi connectivity index (χ4v) is 3.92. The van der Waals surface area contributed by atoms with Gasteiger partial charge in [0.15, 0.2) is 5.54 Å². The van der Waals surface area contributed by atoms with Gasteiger partial charge in [0.05, 0.1) is 0 Å². The Morgan fingerprint density at radius 1 is 0.903 bits per heavy atom. The zero-order chi connectivity index (χ0) is 22.0. The van der Waals surface area contributed by atoms with Crippen LogP contribution in [0.2, 0.25) is 0 Å². The van der Waals surface area contributed by atoms with Gasteiger partial charge in [0.2, 0.25) is 5.91 Å². The molecule has 0 aliphatic carbocycles. The minimum absolute atomic E-state index is 0.439. The molecule has 2 N–H and O–H groups in total. The molecule has 4 rings (SSSR count). The van der Waals surface area contributed by atoms with Gasteiger partial charge in [-0.2, -0.15) is 0 Å². The predicted molar refractivity (Wildman–Crippen MR) is 118 cm³/mol. The molecule has 1 atom stereocenters. The average molecular weight is 413 g/mol. The SMILES string of the molecule is Cc1cccc(NC(=O)C(C)N2C(=O)NC(c3ccccc3)(c3ccccc3)C2=O)c1. The molecule has 1 aliphatic heterocycles. The lowest BCUT2D eigenvalue weighted by molar-refractivity contribution is -0.135. The first-order valence-electron chi connectivity index (χ1n) is 10.1. The maximum absolute atomic E-state index is 13.8. The Kier molecular flexibility index (Phi) is 5.29. The first kappa shape index (κ1) is 20.3. The van der Waals surface area contributed by atoms with E-state index < -0.39 is 29.4 Å². The number of hydrogen-bond donors (Lipinski definition) is 2. The molecule has 4 amide bonds. The zero-order valence-corrected chi connectivity index (χ0v) is 17.3. The molecule has 6 nitrogen and oxygen atoms in total. The number of amides is 4. The van der Waals surface area contributed by atoms with Crippen LogP contribution in [0.4, 0.5) is 10.5 Å². The molecule has 1 fully saturated rings. The zero-order valence-electron chi connectivity index (χ0n) is 17.3. The number of urea groups is 1. The third-order valence-corrected chi connectivity index (χ3v) is 5.52. The topological polar surface area (TPSA) is 78.5 Å². The first-order chi connectivity index (χ1) is 14.9. The second kappa shape index (κ2) is 8.07. The Labute approximate surface area is 180 Å². The molecule has 31 heavy (non-hydrogen) atoms. The van der Waals surface area contributed by atoms with Crippen LogP contribution in [0.1, 0.15) is 23.6 Å². The van der Waals surface area contributed by atoms with Crippen molar-refractivity contribution >= 4 is 23.5 Å². The number of nitrogens with one attached hydrogen (secondary N) is 2. The Balaban J connectivity index is 1.70. The van der Waals surface area contributed by atoms with Crippen LogP contribution in [0.25, 0.3) is 0 Å². The van der Waals surface area contributed by atoms with Crippen LogP contribution in [0.3, 0.4) is 0 Å². The summed E-state index contributed by atoms with van der Waals surface area (Å²) in [7, 11) is 0. The van der Waals surface area contributed by atoms with Crippen LogP contribution >= 0.6 is 0 Å². The summed E-state index contributed by atoms with van der Waals surface area (Å²) in [4.78, 5) is 40.7. The molecule has 156 valence electrons. The number of carbonyl (C=O) groups excluding carboxylic acids is 3. The minimum Gasteiger partial charge on any atom is -0.324 e. The van der Waals surface area contributed by atoms with E-state index in [2.05, 4.69) is 10.6 Å². The van der Waals surface area contributed by atoms with E-state index in [-0.39, 0.29) is 0 Å². The van der Waals surface area contributed by atoms with E-state index in [4.69, 9.17) is 0 Å². The summed E-state index contributed by atoms with van der Waals surface area (Å²) in [5.41, 5.74) is 1.48. The van der Waals surface area contributed by atoms with E-state index in [1.807, 2.05) is 61.5 Å². The highest BCUT2D eigenvalue weighted by Gasteiger charge is 2.55. The van der Waals surface area contributed by atoms with Gasteiger partial charge in [-0.1, -0.05) is 72.8 Å². The summed E-state index contributed by atoms with van der Waals surface area (Å²) in [6.07, 6.45) is 0. The van der Waals surface area contributed by atoms with E-state index in [0.29, 0.717) is 16.8 Å². The van der Waals surface area contributed by atoms with Crippen molar-refractivity contribution in [1.29, 1.82) is 0 Å². The summed E-state index contributed by atoms with van der Waals surface area (Å²) in [5.74, 6) is -0.923. The highest BCUT2D eigenvalue weighted by Crippen LogP contribution is 2.36. The van der Waals surface area contributed by atoms with Crippen LogP contribution in [0.15, 0.2) is 84.9 Å². The Bertz CT molecular complexity index is 1090. The average Bonchev–Trinajstić information content (AvgIpc) is 3.05. The molecule has 0 saturated carbocycles. The lowest BCUT2D eigenvalue weighted by Crippen LogP contribution is -2.48. The predicted octanol–water partition coefficient (Wildman–Crippen LogP) is 3.82. The van der Waals surface area contributed by atoms with Crippen molar-refractivity contribution < 1.29 is 14.4 Å². The number of aryl methyl sites for hydroxylation is 1.